The first-order valence-electron chi connectivity index (χ1n) is 5.81. The highest BCUT2D eigenvalue weighted by Gasteiger charge is 2.03. The summed E-state index contributed by atoms with van der Waals surface area (Å²) in [5, 5.41) is 3.39. The molecule has 0 atom stereocenters. The molecule has 2 aromatic rings. The Kier molecular flexibility index (Phi) is 3.54. The number of nitrogens with zero attached hydrogens (tertiary/aromatic N) is 1. The van der Waals surface area contributed by atoms with Crippen molar-refractivity contribution in [3.8, 4) is 12.3 Å². The van der Waals surface area contributed by atoms with E-state index in [4.69, 9.17) is 6.42 Å². The quantitative estimate of drug-likeness (QED) is 0.821. The van der Waals surface area contributed by atoms with E-state index in [2.05, 4.69) is 28.3 Å². The number of anilines is 3. The Morgan fingerprint density at radius 3 is 2.56 bits per heavy atom. The van der Waals surface area contributed by atoms with Crippen molar-refractivity contribution in [1.29, 1.82) is 0 Å². The van der Waals surface area contributed by atoms with E-state index >= 15 is 0 Å². The lowest BCUT2D eigenvalue weighted by Gasteiger charge is -2.18. The molecular weight excluding hydrogens is 220 g/mol. The van der Waals surface area contributed by atoms with Gasteiger partial charge < -0.3 is 10.2 Å². The van der Waals surface area contributed by atoms with Crippen LogP contribution < -0.4 is 10.2 Å². The largest absolute Gasteiger partial charge is 0.376 e. The maximum atomic E-state index is 5.40. The number of terminal acetylenes is 1. The van der Waals surface area contributed by atoms with Gasteiger partial charge >= 0.3 is 0 Å². The highest BCUT2D eigenvalue weighted by Crippen LogP contribution is 2.27. The van der Waals surface area contributed by atoms with Gasteiger partial charge in [-0.2, -0.15) is 0 Å². The fraction of sp³-hybridized carbons (Fsp3) is 0.125. The second-order valence-corrected chi connectivity index (χ2v) is 4.26. The summed E-state index contributed by atoms with van der Waals surface area (Å²) in [7, 11) is 4.05. The molecule has 0 aromatic heterocycles. The minimum atomic E-state index is 0.877. The summed E-state index contributed by atoms with van der Waals surface area (Å²) >= 11 is 0. The molecule has 0 unspecified atom stereocenters. The maximum Gasteiger partial charge on any atom is 0.0621 e. The molecule has 0 saturated carbocycles. The Hall–Kier alpha value is -2.40. The number of benzene rings is 2. The van der Waals surface area contributed by atoms with Gasteiger partial charge in [0.2, 0.25) is 0 Å². The van der Waals surface area contributed by atoms with Crippen molar-refractivity contribution < 1.29 is 0 Å². The molecule has 0 heterocycles. The molecule has 18 heavy (non-hydrogen) atoms. The summed E-state index contributed by atoms with van der Waals surface area (Å²) in [4.78, 5) is 2.08. The minimum absolute atomic E-state index is 0.877. The van der Waals surface area contributed by atoms with Crippen LogP contribution in [0.1, 0.15) is 5.56 Å². The van der Waals surface area contributed by atoms with E-state index in [1.807, 2.05) is 50.5 Å². The molecule has 2 aromatic carbocycles. The van der Waals surface area contributed by atoms with Gasteiger partial charge in [0, 0.05) is 25.3 Å². The highest BCUT2D eigenvalue weighted by molar-refractivity contribution is 5.75. The van der Waals surface area contributed by atoms with Gasteiger partial charge in [-0.05, 0) is 30.3 Å². The van der Waals surface area contributed by atoms with Crippen molar-refractivity contribution in [2.75, 3.05) is 24.3 Å². The second kappa shape index (κ2) is 5.29. The molecule has 0 saturated heterocycles. The van der Waals surface area contributed by atoms with Crippen LogP contribution in [0.4, 0.5) is 17.1 Å². The second-order valence-electron chi connectivity index (χ2n) is 4.26. The van der Waals surface area contributed by atoms with E-state index in [1.54, 1.807) is 0 Å². The molecule has 0 aliphatic rings. The predicted octanol–water partition coefficient (Wildman–Crippen LogP) is 3.48. The van der Waals surface area contributed by atoms with Crippen LogP contribution >= 0.6 is 0 Å². The fourth-order valence-electron chi connectivity index (χ4n) is 1.81. The van der Waals surface area contributed by atoms with Crippen LogP contribution in [0.15, 0.2) is 48.5 Å². The highest BCUT2D eigenvalue weighted by atomic mass is 15.1. The zero-order chi connectivity index (χ0) is 13.0. The van der Waals surface area contributed by atoms with E-state index in [-0.39, 0.29) is 0 Å². The average Bonchev–Trinajstić information content (AvgIpc) is 2.39. The van der Waals surface area contributed by atoms with Crippen LogP contribution in [0.2, 0.25) is 0 Å². The third-order valence-electron chi connectivity index (χ3n) is 2.69. The molecule has 0 aliphatic heterocycles. The summed E-state index contributed by atoms with van der Waals surface area (Å²) in [6.07, 6.45) is 5.40. The summed E-state index contributed by atoms with van der Waals surface area (Å²) in [6.45, 7) is 0. The zero-order valence-electron chi connectivity index (χ0n) is 10.6. The van der Waals surface area contributed by atoms with Gasteiger partial charge in [-0.1, -0.05) is 24.1 Å². The van der Waals surface area contributed by atoms with E-state index < -0.39 is 0 Å². The summed E-state index contributed by atoms with van der Waals surface area (Å²) in [5.74, 6) is 2.64. The molecule has 0 bridgehead atoms. The first-order chi connectivity index (χ1) is 8.70. The molecule has 2 rings (SSSR count). The normalized spacial score (nSPS) is 9.61. The monoisotopic (exact) mass is 236 g/mol. The third-order valence-corrected chi connectivity index (χ3v) is 2.69. The Morgan fingerprint density at radius 2 is 1.83 bits per heavy atom. The molecule has 2 heteroatoms. The number of nitrogens with one attached hydrogen (secondary N) is 1. The van der Waals surface area contributed by atoms with Crippen molar-refractivity contribution in [3.05, 3.63) is 54.1 Å². The predicted molar refractivity (Wildman–Crippen MR) is 78.4 cm³/mol. The van der Waals surface area contributed by atoms with Crippen LogP contribution in [0.5, 0.6) is 0 Å². The van der Waals surface area contributed by atoms with Gasteiger partial charge in [-0.3, -0.25) is 0 Å². The van der Waals surface area contributed by atoms with Gasteiger partial charge in [0.05, 0.1) is 11.4 Å². The molecular formula is C16H16N2. The van der Waals surface area contributed by atoms with Crippen LogP contribution in [0, 0.1) is 12.3 Å². The topological polar surface area (TPSA) is 15.3 Å². The Bertz CT molecular complexity index is 580. The van der Waals surface area contributed by atoms with Crippen molar-refractivity contribution in [2.45, 2.75) is 0 Å². The lowest BCUT2D eigenvalue weighted by molar-refractivity contribution is 1.13. The third kappa shape index (κ3) is 2.64. The van der Waals surface area contributed by atoms with Crippen LogP contribution in [-0.2, 0) is 0 Å². The number of rotatable bonds is 3. The fourth-order valence-corrected chi connectivity index (χ4v) is 1.81. The first kappa shape index (κ1) is 12.1. The SMILES string of the molecule is C#Cc1cccc(Nc2ccccc2N(C)C)c1. The zero-order valence-corrected chi connectivity index (χ0v) is 10.6. The molecule has 1 N–H and O–H groups in total. The van der Waals surface area contributed by atoms with Crippen molar-refractivity contribution in [1.82, 2.24) is 0 Å². The molecule has 2 nitrogen and oxygen atoms in total. The Labute approximate surface area is 108 Å². The number of hydrogen-bond donors (Lipinski definition) is 1. The molecule has 0 fully saturated rings. The van der Waals surface area contributed by atoms with Gasteiger partial charge in [0.1, 0.15) is 0 Å². The van der Waals surface area contributed by atoms with E-state index in [0.29, 0.717) is 0 Å². The molecule has 0 radical (unpaired) electrons. The minimum Gasteiger partial charge on any atom is -0.376 e. The Balaban J connectivity index is 2.31. The summed E-state index contributed by atoms with van der Waals surface area (Å²) < 4.78 is 0. The lowest BCUT2D eigenvalue weighted by atomic mass is 10.2. The lowest BCUT2D eigenvalue weighted by Crippen LogP contribution is -2.10. The standard InChI is InChI=1S/C16H16N2/c1-4-13-8-7-9-14(12-13)17-15-10-5-6-11-16(15)18(2)3/h1,5-12,17H,2-3H3. The first-order valence-corrected chi connectivity index (χ1v) is 5.81. The summed E-state index contributed by atoms with van der Waals surface area (Å²) in [5.41, 5.74) is 4.09. The number of hydrogen-bond acceptors (Lipinski definition) is 2. The van der Waals surface area contributed by atoms with Crippen molar-refractivity contribution >= 4 is 17.1 Å². The molecule has 0 spiro atoms. The molecule has 90 valence electrons. The van der Waals surface area contributed by atoms with Crippen LogP contribution in [0.3, 0.4) is 0 Å². The van der Waals surface area contributed by atoms with Crippen LogP contribution in [0.25, 0.3) is 0 Å². The van der Waals surface area contributed by atoms with Crippen molar-refractivity contribution in [2.24, 2.45) is 0 Å². The maximum absolute atomic E-state index is 5.40. The van der Waals surface area contributed by atoms with E-state index in [9.17, 15) is 0 Å². The number of para-hydroxylation sites is 2. The van der Waals surface area contributed by atoms with E-state index in [1.165, 1.54) is 0 Å². The van der Waals surface area contributed by atoms with Gasteiger partial charge in [0.25, 0.3) is 0 Å². The van der Waals surface area contributed by atoms with E-state index in [0.717, 1.165) is 22.6 Å². The average molecular weight is 236 g/mol. The molecule has 0 amide bonds. The van der Waals surface area contributed by atoms with Crippen LogP contribution in [-0.4, -0.2) is 14.1 Å². The van der Waals surface area contributed by atoms with Gasteiger partial charge in [-0.15, -0.1) is 6.42 Å². The van der Waals surface area contributed by atoms with Gasteiger partial charge in [-0.25, -0.2) is 0 Å². The smallest absolute Gasteiger partial charge is 0.0621 e. The Morgan fingerprint density at radius 1 is 1.06 bits per heavy atom. The van der Waals surface area contributed by atoms with Crippen molar-refractivity contribution in [3.63, 3.8) is 0 Å². The summed E-state index contributed by atoms with van der Waals surface area (Å²) in [6, 6.07) is 16.0. The van der Waals surface area contributed by atoms with Gasteiger partial charge in [0.15, 0.2) is 0 Å². The molecule has 0 aliphatic carbocycles.